The Bertz CT molecular complexity index is 578. The molecule has 2 nitrogen and oxygen atoms in total. The molecule has 2 aromatic rings. The maximum Gasteiger partial charge on any atom is 0.0647 e. The van der Waals surface area contributed by atoms with Crippen LogP contribution in [0.3, 0.4) is 0 Å². The third-order valence-corrected chi connectivity index (χ3v) is 4.05. The Labute approximate surface area is 122 Å². The molecule has 1 aliphatic heterocycles. The number of aryl methyl sites for hydroxylation is 1. The zero-order valence-corrected chi connectivity index (χ0v) is 12.6. The molecular weight excluding hydrogens is 300 g/mol. The Hall–Kier alpha value is -1.48. The van der Waals surface area contributed by atoms with E-state index in [1.165, 1.54) is 22.6 Å². The first kappa shape index (κ1) is 12.5. The molecule has 0 spiro atoms. The summed E-state index contributed by atoms with van der Waals surface area (Å²) in [4.78, 5) is 2.37. The second-order valence-electron chi connectivity index (χ2n) is 4.76. The second kappa shape index (κ2) is 5.25. The normalized spacial score (nSPS) is 13.9. The molecule has 0 amide bonds. The number of benzene rings is 2. The lowest BCUT2D eigenvalue weighted by molar-refractivity contribution is 0.925. The van der Waals surface area contributed by atoms with Crippen LogP contribution in [0.1, 0.15) is 12.5 Å². The second-order valence-corrected chi connectivity index (χ2v) is 5.68. The molecule has 0 unspecified atom stereocenters. The molecule has 1 aliphatic rings. The summed E-state index contributed by atoms with van der Waals surface area (Å²) in [7, 11) is 0. The molecule has 0 aromatic heterocycles. The van der Waals surface area contributed by atoms with Crippen LogP contribution in [0, 0.1) is 0 Å². The molecular formula is C16H17BrN2. The number of hydrogen-bond donors (Lipinski definition) is 1. The van der Waals surface area contributed by atoms with Crippen molar-refractivity contribution < 1.29 is 0 Å². The molecule has 2 aromatic carbocycles. The average molecular weight is 317 g/mol. The summed E-state index contributed by atoms with van der Waals surface area (Å²) in [6.07, 6.45) is 1.09. The van der Waals surface area contributed by atoms with E-state index < -0.39 is 0 Å². The molecule has 3 heteroatoms. The van der Waals surface area contributed by atoms with Crippen molar-refractivity contribution >= 4 is 33.0 Å². The Morgan fingerprint density at radius 3 is 2.68 bits per heavy atom. The molecule has 1 N–H and O–H groups in total. The van der Waals surface area contributed by atoms with Gasteiger partial charge in [0.25, 0.3) is 0 Å². The fraction of sp³-hybridized carbons (Fsp3) is 0.250. The van der Waals surface area contributed by atoms with Crippen LogP contribution in [0.15, 0.2) is 46.9 Å². The van der Waals surface area contributed by atoms with Crippen LogP contribution in [-0.2, 0) is 6.42 Å². The fourth-order valence-corrected chi connectivity index (χ4v) is 2.85. The van der Waals surface area contributed by atoms with Crippen LogP contribution in [0.5, 0.6) is 0 Å². The van der Waals surface area contributed by atoms with E-state index in [1.54, 1.807) is 0 Å². The summed E-state index contributed by atoms with van der Waals surface area (Å²) < 4.78 is 1.11. The topological polar surface area (TPSA) is 15.3 Å². The van der Waals surface area contributed by atoms with Crippen LogP contribution in [0.25, 0.3) is 0 Å². The Balaban J connectivity index is 1.98. The molecule has 0 atom stereocenters. The van der Waals surface area contributed by atoms with Gasteiger partial charge in [0, 0.05) is 23.2 Å². The first-order chi connectivity index (χ1) is 9.28. The van der Waals surface area contributed by atoms with Crippen molar-refractivity contribution in [2.45, 2.75) is 13.3 Å². The highest BCUT2D eigenvalue weighted by molar-refractivity contribution is 9.10. The minimum Gasteiger partial charge on any atom is -0.382 e. The minimum atomic E-state index is 0.971. The molecule has 3 rings (SSSR count). The average Bonchev–Trinajstić information content (AvgIpc) is 2.46. The molecule has 0 fully saturated rings. The van der Waals surface area contributed by atoms with Crippen molar-refractivity contribution in [1.82, 2.24) is 0 Å². The molecule has 0 saturated carbocycles. The fourth-order valence-electron chi connectivity index (χ4n) is 2.49. The number of fused-ring (bicyclic) bond motifs is 1. The van der Waals surface area contributed by atoms with Crippen molar-refractivity contribution in [3.63, 3.8) is 0 Å². The van der Waals surface area contributed by atoms with E-state index in [1.807, 2.05) is 0 Å². The van der Waals surface area contributed by atoms with Crippen molar-refractivity contribution in [2.75, 3.05) is 23.3 Å². The number of rotatable bonds is 2. The minimum absolute atomic E-state index is 0.971. The van der Waals surface area contributed by atoms with Crippen LogP contribution >= 0.6 is 15.9 Å². The summed E-state index contributed by atoms with van der Waals surface area (Å²) >= 11 is 3.53. The summed E-state index contributed by atoms with van der Waals surface area (Å²) in [5.41, 5.74) is 5.09. The van der Waals surface area contributed by atoms with Crippen molar-refractivity contribution in [3.8, 4) is 0 Å². The number of hydrogen-bond acceptors (Lipinski definition) is 2. The van der Waals surface area contributed by atoms with E-state index in [0.29, 0.717) is 0 Å². The van der Waals surface area contributed by atoms with Gasteiger partial charge in [-0.25, -0.2) is 0 Å². The van der Waals surface area contributed by atoms with Gasteiger partial charge >= 0.3 is 0 Å². The van der Waals surface area contributed by atoms with E-state index in [4.69, 9.17) is 0 Å². The van der Waals surface area contributed by atoms with Gasteiger partial charge in [-0.2, -0.15) is 0 Å². The standard InChI is InChI=1S/C16H17BrN2/c1-2-12-3-6-14(7-4-12)19-10-9-18-15-11-13(17)5-8-16(15)19/h3-8,11,18H,2,9-10H2,1H3. The van der Waals surface area contributed by atoms with Gasteiger partial charge in [0.05, 0.1) is 11.4 Å². The van der Waals surface area contributed by atoms with E-state index in [0.717, 1.165) is 24.0 Å². The quantitative estimate of drug-likeness (QED) is 0.872. The van der Waals surface area contributed by atoms with E-state index in [-0.39, 0.29) is 0 Å². The summed E-state index contributed by atoms with van der Waals surface area (Å²) in [5.74, 6) is 0. The molecule has 19 heavy (non-hydrogen) atoms. The third-order valence-electron chi connectivity index (χ3n) is 3.56. The first-order valence-corrected chi connectivity index (χ1v) is 7.47. The lowest BCUT2D eigenvalue weighted by atomic mass is 10.1. The highest BCUT2D eigenvalue weighted by Gasteiger charge is 2.17. The highest BCUT2D eigenvalue weighted by Crippen LogP contribution is 2.36. The predicted octanol–water partition coefficient (Wildman–Crippen LogP) is 4.58. The van der Waals surface area contributed by atoms with Crippen LogP contribution in [0.4, 0.5) is 17.1 Å². The molecule has 0 aliphatic carbocycles. The summed E-state index contributed by atoms with van der Waals surface area (Å²) in [6, 6.07) is 15.3. The maximum atomic E-state index is 3.53. The van der Waals surface area contributed by atoms with Gasteiger partial charge in [-0.15, -0.1) is 0 Å². The number of halogens is 1. The highest BCUT2D eigenvalue weighted by atomic mass is 79.9. The third kappa shape index (κ3) is 2.47. The van der Waals surface area contributed by atoms with Crippen LogP contribution in [-0.4, -0.2) is 13.1 Å². The van der Waals surface area contributed by atoms with Gasteiger partial charge in [-0.1, -0.05) is 35.0 Å². The Morgan fingerprint density at radius 1 is 1.16 bits per heavy atom. The number of nitrogens with zero attached hydrogens (tertiary/aromatic N) is 1. The van der Waals surface area contributed by atoms with Crippen molar-refractivity contribution in [1.29, 1.82) is 0 Å². The summed E-state index contributed by atoms with van der Waals surface area (Å²) in [6.45, 7) is 4.16. The first-order valence-electron chi connectivity index (χ1n) is 6.68. The van der Waals surface area contributed by atoms with Gasteiger partial charge in [-0.3, -0.25) is 0 Å². The van der Waals surface area contributed by atoms with E-state index in [9.17, 15) is 0 Å². The molecule has 98 valence electrons. The largest absolute Gasteiger partial charge is 0.382 e. The summed E-state index contributed by atoms with van der Waals surface area (Å²) in [5, 5.41) is 3.45. The van der Waals surface area contributed by atoms with E-state index >= 15 is 0 Å². The lowest BCUT2D eigenvalue weighted by Gasteiger charge is -2.32. The number of anilines is 3. The lowest BCUT2D eigenvalue weighted by Crippen LogP contribution is -2.30. The van der Waals surface area contributed by atoms with Gasteiger partial charge in [-0.05, 0) is 42.3 Å². The van der Waals surface area contributed by atoms with Crippen LogP contribution in [0.2, 0.25) is 0 Å². The zero-order valence-electron chi connectivity index (χ0n) is 11.0. The van der Waals surface area contributed by atoms with E-state index in [2.05, 4.69) is 75.5 Å². The Morgan fingerprint density at radius 2 is 1.95 bits per heavy atom. The monoisotopic (exact) mass is 316 g/mol. The smallest absolute Gasteiger partial charge is 0.0647 e. The Kier molecular flexibility index (Phi) is 3.47. The van der Waals surface area contributed by atoms with Crippen molar-refractivity contribution in [3.05, 3.63) is 52.5 Å². The molecule has 0 saturated heterocycles. The van der Waals surface area contributed by atoms with Gasteiger partial charge < -0.3 is 10.2 Å². The van der Waals surface area contributed by atoms with Crippen LogP contribution < -0.4 is 10.2 Å². The van der Waals surface area contributed by atoms with Gasteiger partial charge in [0.2, 0.25) is 0 Å². The molecule has 0 radical (unpaired) electrons. The zero-order chi connectivity index (χ0) is 13.2. The van der Waals surface area contributed by atoms with Gasteiger partial charge in [0.1, 0.15) is 0 Å². The van der Waals surface area contributed by atoms with Gasteiger partial charge in [0.15, 0.2) is 0 Å². The molecule has 1 heterocycles. The predicted molar refractivity (Wildman–Crippen MR) is 85.5 cm³/mol. The number of nitrogens with one attached hydrogen (secondary N) is 1. The molecule has 0 bridgehead atoms. The maximum absolute atomic E-state index is 3.53. The SMILES string of the molecule is CCc1ccc(N2CCNc3cc(Br)ccc32)cc1. The van der Waals surface area contributed by atoms with Crippen molar-refractivity contribution in [2.24, 2.45) is 0 Å².